The number of aliphatic hydroxyl groups excluding tert-OH is 1. The largest absolute Gasteiger partial charge is 0.393 e. The Kier molecular flexibility index (Phi) is 2.91. The van der Waals surface area contributed by atoms with Crippen LogP contribution in [0.15, 0.2) is 28.7 Å². The highest BCUT2D eigenvalue weighted by molar-refractivity contribution is 9.10. The number of aliphatic hydroxyl groups is 1. The van der Waals surface area contributed by atoms with E-state index in [0.29, 0.717) is 5.92 Å². The van der Waals surface area contributed by atoms with E-state index in [-0.39, 0.29) is 11.5 Å². The molecule has 0 bridgehead atoms. The fraction of sp³-hybridized carbons (Fsp3) is 0.538. The smallest absolute Gasteiger partial charge is 0.0557 e. The summed E-state index contributed by atoms with van der Waals surface area (Å²) in [5.74, 6) is 0.585. The molecule has 0 amide bonds. The summed E-state index contributed by atoms with van der Waals surface area (Å²) < 4.78 is 1.12. The van der Waals surface area contributed by atoms with Crippen molar-refractivity contribution in [2.75, 3.05) is 0 Å². The van der Waals surface area contributed by atoms with Gasteiger partial charge >= 0.3 is 0 Å². The van der Waals surface area contributed by atoms with Crippen molar-refractivity contribution in [1.82, 2.24) is 0 Å². The van der Waals surface area contributed by atoms with E-state index in [9.17, 15) is 5.11 Å². The SMILES string of the molecule is CC(C)C1(c2ccc(Br)cc2)CC(O)C1. The maximum absolute atomic E-state index is 9.54. The minimum atomic E-state index is -0.101. The molecule has 0 heterocycles. The van der Waals surface area contributed by atoms with Crippen molar-refractivity contribution in [3.05, 3.63) is 34.3 Å². The molecule has 0 saturated heterocycles. The Morgan fingerprint density at radius 1 is 1.27 bits per heavy atom. The third kappa shape index (κ3) is 1.85. The summed E-state index contributed by atoms with van der Waals surface area (Å²) in [6.45, 7) is 4.49. The van der Waals surface area contributed by atoms with Crippen LogP contribution in [0.4, 0.5) is 0 Å². The van der Waals surface area contributed by atoms with Gasteiger partial charge in [-0.1, -0.05) is 41.9 Å². The van der Waals surface area contributed by atoms with Crippen LogP contribution in [0.3, 0.4) is 0 Å². The van der Waals surface area contributed by atoms with Crippen molar-refractivity contribution in [2.24, 2.45) is 5.92 Å². The molecule has 1 aliphatic rings. The second-order valence-corrected chi connectivity index (χ2v) is 5.80. The molecule has 15 heavy (non-hydrogen) atoms. The molecule has 2 heteroatoms. The molecule has 0 aliphatic heterocycles. The second-order valence-electron chi connectivity index (χ2n) is 4.88. The van der Waals surface area contributed by atoms with Gasteiger partial charge < -0.3 is 5.11 Å². The predicted octanol–water partition coefficient (Wildman–Crippen LogP) is 3.50. The molecule has 1 aliphatic carbocycles. The summed E-state index contributed by atoms with van der Waals surface area (Å²) in [4.78, 5) is 0. The van der Waals surface area contributed by atoms with Crippen LogP contribution >= 0.6 is 15.9 Å². The van der Waals surface area contributed by atoms with Crippen LogP contribution in [0.2, 0.25) is 0 Å². The van der Waals surface area contributed by atoms with Gasteiger partial charge in [-0.15, -0.1) is 0 Å². The predicted molar refractivity (Wildman–Crippen MR) is 65.9 cm³/mol. The lowest BCUT2D eigenvalue weighted by Gasteiger charge is -2.49. The van der Waals surface area contributed by atoms with Gasteiger partial charge in [-0.3, -0.25) is 0 Å². The topological polar surface area (TPSA) is 20.2 Å². The third-order valence-corrected chi connectivity index (χ3v) is 4.25. The van der Waals surface area contributed by atoms with Gasteiger partial charge in [0.15, 0.2) is 0 Å². The van der Waals surface area contributed by atoms with E-state index in [0.717, 1.165) is 17.3 Å². The van der Waals surface area contributed by atoms with Gasteiger partial charge in [0.05, 0.1) is 6.10 Å². The second kappa shape index (κ2) is 3.91. The number of hydrogen-bond donors (Lipinski definition) is 1. The number of hydrogen-bond acceptors (Lipinski definition) is 1. The Labute approximate surface area is 99.6 Å². The highest BCUT2D eigenvalue weighted by Crippen LogP contribution is 2.49. The van der Waals surface area contributed by atoms with Crippen LogP contribution in [-0.2, 0) is 5.41 Å². The van der Waals surface area contributed by atoms with E-state index in [1.807, 2.05) is 0 Å². The summed E-state index contributed by atoms with van der Waals surface area (Å²) in [6, 6.07) is 8.53. The molecule has 1 fully saturated rings. The van der Waals surface area contributed by atoms with Crippen molar-refractivity contribution in [3.63, 3.8) is 0 Å². The minimum Gasteiger partial charge on any atom is -0.393 e. The van der Waals surface area contributed by atoms with E-state index < -0.39 is 0 Å². The summed E-state index contributed by atoms with van der Waals surface area (Å²) in [5, 5.41) is 9.54. The first kappa shape index (κ1) is 11.2. The molecule has 82 valence electrons. The zero-order chi connectivity index (χ0) is 11.1. The van der Waals surface area contributed by atoms with Gasteiger partial charge in [-0.25, -0.2) is 0 Å². The van der Waals surface area contributed by atoms with Gasteiger partial charge in [0, 0.05) is 9.89 Å². The first-order valence-corrected chi connectivity index (χ1v) is 6.28. The Bertz CT molecular complexity index is 336. The Morgan fingerprint density at radius 3 is 2.20 bits per heavy atom. The minimum absolute atomic E-state index is 0.101. The van der Waals surface area contributed by atoms with Crippen molar-refractivity contribution >= 4 is 15.9 Å². The molecule has 1 N–H and O–H groups in total. The lowest BCUT2D eigenvalue weighted by molar-refractivity contribution is -0.00684. The molecular formula is C13H17BrO. The zero-order valence-electron chi connectivity index (χ0n) is 9.20. The molecule has 1 nitrogen and oxygen atoms in total. The monoisotopic (exact) mass is 268 g/mol. The molecule has 0 unspecified atom stereocenters. The van der Waals surface area contributed by atoms with Crippen LogP contribution in [0.25, 0.3) is 0 Å². The van der Waals surface area contributed by atoms with Crippen LogP contribution in [0, 0.1) is 5.92 Å². The Balaban J connectivity index is 2.30. The summed E-state index contributed by atoms with van der Waals surface area (Å²) in [6.07, 6.45) is 1.72. The first-order valence-electron chi connectivity index (χ1n) is 5.49. The standard InChI is InChI=1S/C13H17BrO/c1-9(2)13(7-12(15)8-13)10-3-5-11(14)6-4-10/h3-6,9,12,15H,7-8H2,1-2H3. The normalized spacial score (nSPS) is 30.3. The van der Waals surface area contributed by atoms with Gasteiger partial charge in [-0.2, -0.15) is 0 Å². The van der Waals surface area contributed by atoms with Crippen LogP contribution in [0.1, 0.15) is 32.3 Å². The lowest BCUT2D eigenvalue weighted by Crippen LogP contribution is -2.48. The van der Waals surface area contributed by atoms with Gasteiger partial charge in [0.25, 0.3) is 0 Å². The maximum atomic E-state index is 9.54. The van der Waals surface area contributed by atoms with E-state index >= 15 is 0 Å². The van der Waals surface area contributed by atoms with Gasteiger partial charge in [0.1, 0.15) is 0 Å². The molecule has 0 radical (unpaired) electrons. The molecule has 0 spiro atoms. The van der Waals surface area contributed by atoms with Crippen LogP contribution in [-0.4, -0.2) is 11.2 Å². The average molecular weight is 269 g/mol. The summed E-state index contributed by atoms with van der Waals surface area (Å²) in [7, 11) is 0. The van der Waals surface area contributed by atoms with Gasteiger partial charge in [0.2, 0.25) is 0 Å². The molecule has 0 atom stereocenters. The van der Waals surface area contributed by atoms with E-state index in [1.165, 1.54) is 5.56 Å². The summed E-state index contributed by atoms with van der Waals surface area (Å²) in [5.41, 5.74) is 1.58. The van der Waals surface area contributed by atoms with Crippen molar-refractivity contribution in [1.29, 1.82) is 0 Å². The van der Waals surface area contributed by atoms with E-state index in [1.54, 1.807) is 0 Å². The average Bonchev–Trinajstić information content (AvgIpc) is 2.13. The molecule has 1 saturated carbocycles. The maximum Gasteiger partial charge on any atom is 0.0557 e. The van der Waals surface area contributed by atoms with E-state index in [4.69, 9.17) is 0 Å². The molecule has 2 rings (SSSR count). The Morgan fingerprint density at radius 2 is 1.80 bits per heavy atom. The number of rotatable bonds is 2. The van der Waals surface area contributed by atoms with Crippen LogP contribution < -0.4 is 0 Å². The Hall–Kier alpha value is -0.340. The molecular weight excluding hydrogens is 252 g/mol. The van der Waals surface area contributed by atoms with Crippen molar-refractivity contribution in [3.8, 4) is 0 Å². The third-order valence-electron chi connectivity index (χ3n) is 3.72. The summed E-state index contributed by atoms with van der Waals surface area (Å²) >= 11 is 3.45. The van der Waals surface area contributed by atoms with Gasteiger partial charge in [-0.05, 0) is 36.5 Å². The molecule has 0 aromatic heterocycles. The molecule has 1 aromatic rings. The highest BCUT2D eigenvalue weighted by Gasteiger charge is 2.46. The van der Waals surface area contributed by atoms with Crippen molar-refractivity contribution in [2.45, 2.75) is 38.2 Å². The van der Waals surface area contributed by atoms with Crippen LogP contribution in [0.5, 0.6) is 0 Å². The fourth-order valence-corrected chi connectivity index (χ4v) is 2.87. The lowest BCUT2D eigenvalue weighted by atomic mass is 9.57. The van der Waals surface area contributed by atoms with E-state index in [2.05, 4.69) is 54.0 Å². The highest BCUT2D eigenvalue weighted by atomic mass is 79.9. The zero-order valence-corrected chi connectivity index (χ0v) is 10.8. The molecule has 1 aromatic carbocycles. The van der Waals surface area contributed by atoms with Crippen molar-refractivity contribution < 1.29 is 5.11 Å². The number of benzene rings is 1. The fourth-order valence-electron chi connectivity index (χ4n) is 2.60. The quantitative estimate of drug-likeness (QED) is 0.871. The number of halogens is 1. The first-order chi connectivity index (χ1) is 7.04.